The third-order valence-electron chi connectivity index (χ3n) is 5.79. The molecule has 5 rings (SSSR count). The van der Waals surface area contributed by atoms with E-state index in [4.69, 9.17) is 0 Å². The van der Waals surface area contributed by atoms with Gasteiger partial charge in [0, 0.05) is 32.0 Å². The van der Waals surface area contributed by atoms with Gasteiger partial charge in [0.1, 0.15) is 6.33 Å². The summed E-state index contributed by atoms with van der Waals surface area (Å²) in [5.74, 6) is 1.42. The van der Waals surface area contributed by atoms with E-state index in [-0.39, 0.29) is 11.9 Å². The molecule has 0 N–H and O–H groups in total. The zero-order valence-corrected chi connectivity index (χ0v) is 15.4. The zero-order valence-electron chi connectivity index (χ0n) is 15.4. The summed E-state index contributed by atoms with van der Waals surface area (Å²) < 4.78 is 1.75. The van der Waals surface area contributed by atoms with Crippen molar-refractivity contribution in [1.82, 2.24) is 29.9 Å². The average Bonchev–Trinajstić information content (AvgIpc) is 3.34. The molecule has 2 aliphatic heterocycles. The van der Waals surface area contributed by atoms with Crippen LogP contribution in [0.4, 0.5) is 5.82 Å². The molecular weight excluding hydrogens is 342 g/mol. The first-order valence-electron chi connectivity index (χ1n) is 9.29. The van der Waals surface area contributed by atoms with Crippen LogP contribution in [-0.4, -0.2) is 60.9 Å². The lowest BCUT2D eigenvalue weighted by Gasteiger charge is -2.29. The zero-order chi connectivity index (χ0) is 18.5. The Morgan fingerprint density at radius 1 is 1.15 bits per heavy atom. The molecule has 1 amide bonds. The standard InChI is InChI=1S/C19H21N7O/c1-12-8-14-9-24(13(2)27)10-16(14)25(12)18-17-19(21-11-20-18)26(23-22-17)15-6-4-3-5-7-15/h3-7,11-12,14,16H,8-10H2,1-2H3. The number of para-hydroxylation sites is 1. The number of likely N-dealkylation sites (tertiary alicyclic amines) is 1. The molecule has 3 atom stereocenters. The van der Waals surface area contributed by atoms with Gasteiger partial charge in [0.15, 0.2) is 17.0 Å². The number of rotatable bonds is 2. The third-order valence-corrected chi connectivity index (χ3v) is 5.79. The quantitative estimate of drug-likeness (QED) is 0.689. The molecule has 2 fully saturated rings. The molecule has 0 aliphatic carbocycles. The lowest BCUT2D eigenvalue weighted by molar-refractivity contribution is -0.128. The molecule has 2 aliphatic rings. The minimum absolute atomic E-state index is 0.139. The molecule has 3 unspecified atom stereocenters. The summed E-state index contributed by atoms with van der Waals surface area (Å²) in [7, 11) is 0. The lowest BCUT2D eigenvalue weighted by Crippen LogP contribution is -2.40. The predicted molar refractivity (Wildman–Crippen MR) is 101 cm³/mol. The maximum atomic E-state index is 11.8. The van der Waals surface area contributed by atoms with Crippen molar-refractivity contribution < 1.29 is 4.79 Å². The SMILES string of the molecule is CC(=O)N1CC2CC(C)N(c3ncnc4c3nnn4-c3ccccc3)C2C1. The minimum Gasteiger partial charge on any atom is -0.347 e. The molecule has 4 heterocycles. The Balaban J connectivity index is 1.57. The molecule has 0 radical (unpaired) electrons. The fraction of sp³-hybridized carbons (Fsp3) is 0.421. The van der Waals surface area contributed by atoms with Crippen molar-refractivity contribution in [2.45, 2.75) is 32.4 Å². The number of anilines is 1. The van der Waals surface area contributed by atoms with Crippen LogP contribution in [0.15, 0.2) is 36.7 Å². The number of fused-ring (bicyclic) bond motifs is 2. The van der Waals surface area contributed by atoms with E-state index in [2.05, 4.69) is 32.1 Å². The molecule has 0 bridgehead atoms. The molecule has 8 heteroatoms. The van der Waals surface area contributed by atoms with Gasteiger partial charge in [-0.15, -0.1) is 5.10 Å². The van der Waals surface area contributed by atoms with Crippen LogP contribution in [0, 0.1) is 5.92 Å². The van der Waals surface area contributed by atoms with Crippen molar-refractivity contribution in [3.05, 3.63) is 36.7 Å². The van der Waals surface area contributed by atoms with Crippen molar-refractivity contribution in [3.63, 3.8) is 0 Å². The Bertz CT molecular complexity index is 1000. The van der Waals surface area contributed by atoms with Crippen molar-refractivity contribution >= 4 is 22.9 Å². The highest BCUT2D eigenvalue weighted by Gasteiger charge is 2.46. The average molecular weight is 363 g/mol. The van der Waals surface area contributed by atoms with Crippen molar-refractivity contribution in [3.8, 4) is 5.69 Å². The van der Waals surface area contributed by atoms with E-state index >= 15 is 0 Å². The van der Waals surface area contributed by atoms with Crippen LogP contribution in [0.5, 0.6) is 0 Å². The van der Waals surface area contributed by atoms with Crippen LogP contribution in [0.2, 0.25) is 0 Å². The number of hydrogen-bond donors (Lipinski definition) is 0. The van der Waals surface area contributed by atoms with Crippen molar-refractivity contribution in [2.75, 3.05) is 18.0 Å². The highest BCUT2D eigenvalue weighted by molar-refractivity contribution is 5.84. The number of nitrogens with zero attached hydrogens (tertiary/aromatic N) is 7. The molecule has 2 aromatic heterocycles. The summed E-state index contributed by atoms with van der Waals surface area (Å²) in [5.41, 5.74) is 2.32. The first-order chi connectivity index (χ1) is 13.1. The van der Waals surface area contributed by atoms with E-state index in [1.807, 2.05) is 35.2 Å². The number of benzene rings is 1. The fourth-order valence-electron chi connectivity index (χ4n) is 4.57. The summed E-state index contributed by atoms with van der Waals surface area (Å²) >= 11 is 0. The Kier molecular flexibility index (Phi) is 3.60. The molecule has 8 nitrogen and oxygen atoms in total. The van der Waals surface area contributed by atoms with Gasteiger partial charge in [0.25, 0.3) is 0 Å². The molecule has 27 heavy (non-hydrogen) atoms. The second kappa shape index (κ2) is 6.00. The highest BCUT2D eigenvalue weighted by atomic mass is 16.2. The van der Waals surface area contributed by atoms with Crippen LogP contribution in [-0.2, 0) is 4.79 Å². The lowest BCUT2D eigenvalue weighted by atomic mass is 10.0. The summed E-state index contributed by atoms with van der Waals surface area (Å²) in [5, 5.41) is 8.73. The van der Waals surface area contributed by atoms with Gasteiger partial charge >= 0.3 is 0 Å². The molecular formula is C19H21N7O. The number of carbonyl (C=O) groups excluding carboxylic acids is 1. The van der Waals surface area contributed by atoms with Gasteiger partial charge in [0.2, 0.25) is 5.91 Å². The second-order valence-corrected chi connectivity index (χ2v) is 7.45. The van der Waals surface area contributed by atoms with Crippen molar-refractivity contribution in [1.29, 1.82) is 0 Å². The van der Waals surface area contributed by atoms with Crippen molar-refractivity contribution in [2.24, 2.45) is 5.92 Å². The molecule has 0 spiro atoms. The van der Waals surface area contributed by atoms with Gasteiger partial charge in [-0.1, -0.05) is 23.4 Å². The highest BCUT2D eigenvalue weighted by Crippen LogP contribution is 2.39. The maximum absolute atomic E-state index is 11.8. The smallest absolute Gasteiger partial charge is 0.219 e. The van der Waals surface area contributed by atoms with E-state index in [0.29, 0.717) is 23.1 Å². The Morgan fingerprint density at radius 2 is 1.96 bits per heavy atom. The summed E-state index contributed by atoms with van der Waals surface area (Å²) in [6.07, 6.45) is 2.63. The Hall–Kier alpha value is -3.03. The summed E-state index contributed by atoms with van der Waals surface area (Å²) in [6.45, 7) is 5.42. The van der Waals surface area contributed by atoms with Gasteiger partial charge in [0.05, 0.1) is 11.7 Å². The molecule has 1 aromatic carbocycles. The maximum Gasteiger partial charge on any atom is 0.219 e. The van der Waals surface area contributed by atoms with Gasteiger partial charge < -0.3 is 9.80 Å². The molecule has 0 saturated carbocycles. The number of hydrogen-bond acceptors (Lipinski definition) is 6. The predicted octanol–water partition coefficient (Wildman–Crippen LogP) is 1.66. The van der Waals surface area contributed by atoms with Crippen LogP contribution < -0.4 is 4.90 Å². The molecule has 2 saturated heterocycles. The number of aromatic nitrogens is 5. The molecule has 3 aromatic rings. The van der Waals surface area contributed by atoms with Crippen LogP contribution >= 0.6 is 0 Å². The van der Waals surface area contributed by atoms with Crippen LogP contribution in [0.25, 0.3) is 16.9 Å². The first-order valence-corrected chi connectivity index (χ1v) is 9.29. The summed E-state index contributed by atoms with van der Waals surface area (Å²) in [6, 6.07) is 10.5. The van der Waals surface area contributed by atoms with E-state index in [1.54, 1.807) is 17.9 Å². The third kappa shape index (κ3) is 2.47. The normalized spacial score (nSPS) is 24.6. The summed E-state index contributed by atoms with van der Waals surface area (Å²) in [4.78, 5) is 25.1. The monoisotopic (exact) mass is 363 g/mol. The van der Waals surface area contributed by atoms with Gasteiger partial charge in [-0.05, 0) is 25.5 Å². The second-order valence-electron chi connectivity index (χ2n) is 7.45. The van der Waals surface area contributed by atoms with Gasteiger partial charge in [-0.3, -0.25) is 4.79 Å². The van der Waals surface area contributed by atoms with Crippen LogP contribution in [0.3, 0.4) is 0 Å². The van der Waals surface area contributed by atoms with E-state index in [1.165, 1.54) is 0 Å². The van der Waals surface area contributed by atoms with Gasteiger partial charge in [-0.2, -0.15) is 4.68 Å². The van der Waals surface area contributed by atoms with Gasteiger partial charge in [-0.25, -0.2) is 9.97 Å². The topological polar surface area (TPSA) is 80.0 Å². The first kappa shape index (κ1) is 16.2. The minimum atomic E-state index is 0.139. The Morgan fingerprint density at radius 3 is 2.74 bits per heavy atom. The Labute approximate surface area is 156 Å². The largest absolute Gasteiger partial charge is 0.347 e. The van der Waals surface area contributed by atoms with E-state index < -0.39 is 0 Å². The van der Waals surface area contributed by atoms with Crippen LogP contribution in [0.1, 0.15) is 20.3 Å². The van der Waals surface area contributed by atoms with E-state index in [0.717, 1.165) is 31.0 Å². The van der Waals surface area contributed by atoms with E-state index in [9.17, 15) is 4.79 Å². The molecule has 138 valence electrons. The fourth-order valence-corrected chi connectivity index (χ4v) is 4.57. The number of carbonyl (C=O) groups is 1. The number of amides is 1.